The molecule has 2 unspecified atom stereocenters. The summed E-state index contributed by atoms with van der Waals surface area (Å²) in [5.74, 6) is 1.60. The molecule has 1 aromatic rings. The Labute approximate surface area is 136 Å². The molecule has 2 rings (SSSR count). The van der Waals surface area contributed by atoms with Crippen molar-refractivity contribution in [3.05, 3.63) is 28.2 Å². The fourth-order valence-corrected chi connectivity index (χ4v) is 3.73. The number of rotatable bonds is 6. The number of nitrogens with zero attached hydrogens (tertiary/aromatic N) is 2. The minimum atomic E-state index is 0.248. The highest BCUT2D eigenvalue weighted by atomic mass is 79.9. The summed E-state index contributed by atoms with van der Waals surface area (Å²) < 4.78 is 6.28. The first-order valence-electron chi connectivity index (χ1n) is 7.47. The second kappa shape index (κ2) is 7.58. The molecule has 0 aromatic heterocycles. The molecule has 1 heterocycles. The maximum absolute atomic E-state index is 6.03. The fourth-order valence-electron chi connectivity index (χ4n) is 3.17. The van der Waals surface area contributed by atoms with Crippen molar-refractivity contribution in [1.82, 2.24) is 9.80 Å². The standard InChI is InChI=1S/C16H26BrN3O/c1-19-7-6-12(10-19)11-20(2)15(9-18)13-4-5-16(21-3)14(17)8-13/h4-5,8,12,15H,6-7,9-11,18H2,1-3H3. The summed E-state index contributed by atoms with van der Waals surface area (Å²) in [4.78, 5) is 4.79. The lowest BCUT2D eigenvalue weighted by atomic mass is 10.0. The van der Waals surface area contributed by atoms with E-state index in [1.165, 1.54) is 25.1 Å². The summed E-state index contributed by atoms with van der Waals surface area (Å²) in [5, 5.41) is 0. The molecule has 5 heteroatoms. The van der Waals surface area contributed by atoms with Crippen LogP contribution in [0.4, 0.5) is 0 Å². The van der Waals surface area contributed by atoms with Crippen LogP contribution in [0.2, 0.25) is 0 Å². The van der Waals surface area contributed by atoms with Crippen LogP contribution in [-0.2, 0) is 0 Å². The Morgan fingerprint density at radius 3 is 2.81 bits per heavy atom. The summed E-state index contributed by atoms with van der Waals surface area (Å²) in [6.45, 7) is 4.11. The molecule has 1 aliphatic heterocycles. The predicted octanol–water partition coefficient (Wildman–Crippen LogP) is 2.34. The molecule has 1 fully saturated rings. The van der Waals surface area contributed by atoms with Gasteiger partial charge in [0.2, 0.25) is 0 Å². The molecule has 0 spiro atoms. The highest BCUT2D eigenvalue weighted by Gasteiger charge is 2.24. The van der Waals surface area contributed by atoms with Gasteiger partial charge in [0.05, 0.1) is 11.6 Å². The molecule has 0 amide bonds. The van der Waals surface area contributed by atoms with Crippen LogP contribution < -0.4 is 10.5 Å². The van der Waals surface area contributed by atoms with Crippen molar-refractivity contribution >= 4 is 15.9 Å². The lowest BCUT2D eigenvalue weighted by Crippen LogP contribution is -2.35. The van der Waals surface area contributed by atoms with E-state index in [4.69, 9.17) is 10.5 Å². The predicted molar refractivity (Wildman–Crippen MR) is 90.7 cm³/mol. The maximum atomic E-state index is 6.03. The number of hydrogen-bond acceptors (Lipinski definition) is 4. The molecule has 2 atom stereocenters. The zero-order valence-electron chi connectivity index (χ0n) is 13.2. The number of ether oxygens (including phenoxy) is 1. The Morgan fingerprint density at radius 2 is 2.29 bits per heavy atom. The van der Waals surface area contributed by atoms with E-state index in [2.05, 4.69) is 52.0 Å². The summed E-state index contributed by atoms with van der Waals surface area (Å²) in [5.41, 5.74) is 7.26. The summed E-state index contributed by atoms with van der Waals surface area (Å²) >= 11 is 3.56. The summed E-state index contributed by atoms with van der Waals surface area (Å²) in [6, 6.07) is 6.48. The quantitative estimate of drug-likeness (QED) is 0.850. The fraction of sp³-hybridized carbons (Fsp3) is 0.625. The first-order chi connectivity index (χ1) is 10.0. The number of likely N-dealkylation sites (N-methyl/N-ethyl adjacent to an activating group) is 1. The van der Waals surface area contributed by atoms with E-state index in [1.807, 2.05) is 6.07 Å². The maximum Gasteiger partial charge on any atom is 0.133 e. The first-order valence-corrected chi connectivity index (χ1v) is 8.26. The van der Waals surface area contributed by atoms with Gasteiger partial charge in [-0.15, -0.1) is 0 Å². The van der Waals surface area contributed by atoms with Crippen LogP contribution in [-0.4, -0.2) is 57.2 Å². The number of benzene rings is 1. The average Bonchev–Trinajstić information content (AvgIpc) is 2.85. The summed E-state index contributed by atoms with van der Waals surface area (Å²) in [6.07, 6.45) is 1.28. The molecule has 4 nitrogen and oxygen atoms in total. The number of nitrogens with two attached hydrogens (primary N) is 1. The molecule has 1 aliphatic rings. The van der Waals surface area contributed by atoms with Crippen LogP contribution in [0.3, 0.4) is 0 Å². The van der Waals surface area contributed by atoms with Gasteiger partial charge in [-0.25, -0.2) is 0 Å². The van der Waals surface area contributed by atoms with Crippen LogP contribution in [0.15, 0.2) is 22.7 Å². The lowest BCUT2D eigenvalue weighted by Gasteiger charge is -2.30. The number of likely N-dealkylation sites (tertiary alicyclic amines) is 1. The smallest absolute Gasteiger partial charge is 0.133 e. The molecule has 0 saturated carbocycles. The number of halogens is 1. The van der Waals surface area contributed by atoms with E-state index < -0.39 is 0 Å². The van der Waals surface area contributed by atoms with Crippen molar-refractivity contribution in [2.75, 3.05) is 47.4 Å². The zero-order chi connectivity index (χ0) is 15.4. The van der Waals surface area contributed by atoms with E-state index in [0.717, 1.165) is 22.7 Å². The molecular weight excluding hydrogens is 330 g/mol. The van der Waals surface area contributed by atoms with E-state index in [-0.39, 0.29) is 6.04 Å². The van der Waals surface area contributed by atoms with Crippen LogP contribution in [0, 0.1) is 5.92 Å². The van der Waals surface area contributed by atoms with E-state index in [9.17, 15) is 0 Å². The summed E-state index contributed by atoms with van der Waals surface area (Å²) in [7, 11) is 6.05. The second-order valence-corrected chi connectivity index (χ2v) is 6.86. The van der Waals surface area contributed by atoms with Crippen LogP contribution >= 0.6 is 15.9 Å². The van der Waals surface area contributed by atoms with Crippen LogP contribution in [0.1, 0.15) is 18.0 Å². The van der Waals surface area contributed by atoms with E-state index in [0.29, 0.717) is 6.54 Å². The molecule has 0 bridgehead atoms. The van der Waals surface area contributed by atoms with Gasteiger partial charge in [0.15, 0.2) is 0 Å². The topological polar surface area (TPSA) is 41.7 Å². The second-order valence-electron chi connectivity index (χ2n) is 6.00. The molecule has 0 radical (unpaired) electrons. The largest absolute Gasteiger partial charge is 0.496 e. The molecule has 0 aliphatic carbocycles. The Kier molecular flexibility index (Phi) is 6.05. The zero-order valence-corrected chi connectivity index (χ0v) is 14.8. The minimum absolute atomic E-state index is 0.248. The van der Waals surface area contributed by atoms with Gasteiger partial charge in [0.25, 0.3) is 0 Å². The third-order valence-electron chi connectivity index (χ3n) is 4.35. The van der Waals surface area contributed by atoms with Crippen molar-refractivity contribution in [1.29, 1.82) is 0 Å². The van der Waals surface area contributed by atoms with Gasteiger partial charge in [-0.1, -0.05) is 6.07 Å². The third-order valence-corrected chi connectivity index (χ3v) is 4.97. The first kappa shape index (κ1) is 16.7. The number of methoxy groups -OCH3 is 1. The average molecular weight is 356 g/mol. The molecule has 21 heavy (non-hydrogen) atoms. The van der Waals surface area contributed by atoms with Gasteiger partial charge in [-0.3, -0.25) is 4.90 Å². The Balaban J connectivity index is 2.05. The van der Waals surface area contributed by atoms with Crippen molar-refractivity contribution in [3.8, 4) is 5.75 Å². The van der Waals surface area contributed by atoms with Gasteiger partial charge >= 0.3 is 0 Å². The monoisotopic (exact) mass is 355 g/mol. The SMILES string of the molecule is COc1ccc(C(CN)N(C)CC2CCN(C)C2)cc1Br. The normalized spacial score (nSPS) is 21.0. The lowest BCUT2D eigenvalue weighted by molar-refractivity contribution is 0.211. The van der Waals surface area contributed by atoms with Gasteiger partial charge in [-0.05, 0) is 66.6 Å². The molecule has 1 saturated heterocycles. The van der Waals surface area contributed by atoms with Crippen molar-refractivity contribution < 1.29 is 4.74 Å². The molecule has 118 valence electrons. The minimum Gasteiger partial charge on any atom is -0.496 e. The highest BCUT2D eigenvalue weighted by molar-refractivity contribution is 9.10. The van der Waals surface area contributed by atoms with Gasteiger partial charge in [0.1, 0.15) is 5.75 Å². The molecule has 2 N–H and O–H groups in total. The third kappa shape index (κ3) is 4.19. The highest BCUT2D eigenvalue weighted by Crippen LogP contribution is 2.30. The van der Waals surface area contributed by atoms with Crippen molar-refractivity contribution in [3.63, 3.8) is 0 Å². The van der Waals surface area contributed by atoms with Crippen LogP contribution in [0.5, 0.6) is 5.75 Å². The van der Waals surface area contributed by atoms with Crippen molar-refractivity contribution in [2.24, 2.45) is 11.7 Å². The van der Waals surface area contributed by atoms with E-state index in [1.54, 1.807) is 7.11 Å². The van der Waals surface area contributed by atoms with Gasteiger partial charge in [0, 0.05) is 25.7 Å². The Bertz CT molecular complexity index is 469. The van der Waals surface area contributed by atoms with Gasteiger partial charge < -0.3 is 15.4 Å². The number of hydrogen-bond donors (Lipinski definition) is 1. The Morgan fingerprint density at radius 1 is 1.52 bits per heavy atom. The molecular formula is C16H26BrN3O. The van der Waals surface area contributed by atoms with Crippen molar-refractivity contribution in [2.45, 2.75) is 12.5 Å². The van der Waals surface area contributed by atoms with Gasteiger partial charge in [-0.2, -0.15) is 0 Å². The van der Waals surface area contributed by atoms with E-state index >= 15 is 0 Å². The Hall–Kier alpha value is -0.620. The van der Waals surface area contributed by atoms with Crippen LogP contribution in [0.25, 0.3) is 0 Å². The molecule has 1 aromatic carbocycles.